The summed E-state index contributed by atoms with van der Waals surface area (Å²) in [5, 5.41) is 14.1. The SMILES string of the molecule is CC1NCCN(C(=O)c2ccc([N+](=O)[O-])cc2I)C1C.Cl. The van der Waals surface area contributed by atoms with Crippen LogP contribution in [-0.4, -0.2) is 40.9 Å². The number of nitro benzene ring substituents is 1. The van der Waals surface area contributed by atoms with E-state index < -0.39 is 4.92 Å². The van der Waals surface area contributed by atoms with Crippen LogP contribution in [0.1, 0.15) is 24.2 Å². The van der Waals surface area contributed by atoms with E-state index in [0.717, 1.165) is 6.54 Å². The zero-order valence-corrected chi connectivity index (χ0v) is 14.7. The third-order valence-corrected chi connectivity index (χ3v) is 4.58. The molecule has 1 aliphatic heterocycles. The van der Waals surface area contributed by atoms with E-state index in [-0.39, 0.29) is 36.1 Å². The topological polar surface area (TPSA) is 75.5 Å². The van der Waals surface area contributed by atoms with Crippen LogP contribution in [-0.2, 0) is 0 Å². The van der Waals surface area contributed by atoms with Gasteiger partial charge in [0.05, 0.1) is 10.5 Å². The summed E-state index contributed by atoms with van der Waals surface area (Å²) in [4.78, 5) is 24.7. The molecular formula is C13H17ClIN3O3. The fourth-order valence-corrected chi connectivity index (χ4v) is 3.02. The van der Waals surface area contributed by atoms with Crippen LogP contribution in [0.3, 0.4) is 0 Å². The van der Waals surface area contributed by atoms with Crippen LogP contribution >= 0.6 is 35.0 Å². The van der Waals surface area contributed by atoms with Crippen molar-refractivity contribution in [3.63, 3.8) is 0 Å². The first-order valence-electron chi connectivity index (χ1n) is 6.40. The van der Waals surface area contributed by atoms with Gasteiger partial charge in [-0.2, -0.15) is 0 Å². The second kappa shape index (κ2) is 7.37. The van der Waals surface area contributed by atoms with Crippen molar-refractivity contribution < 1.29 is 9.72 Å². The highest BCUT2D eigenvalue weighted by Crippen LogP contribution is 2.22. The lowest BCUT2D eigenvalue weighted by atomic mass is 10.1. The Labute approximate surface area is 143 Å². The number of piperazine rings is 1. The summed E-state index contributed by atoms with van der Waals surface area (Å²) in [7, 11) is 0. The Kier molecular flexibility index (Phi) is 6.36. The van der Waals surface area contributed by atoms with Gasteiger partial charge in [0.15, 0.2) is 0 Å². The molecule has 0 aliphatic carbocycles. The minimum Gasteiger partial charge on any atom is -0.333 e. The predicted molar refractivity (Wildman–Crippen MR) is 91.0 cm³/mol. The maximum absolute atomic E-state index is 12.6. The van der Waals surface area contributed by atoms with Crippen LogP contribution in [0.4, 0.5) is 5.69 Å². The number of nitrogens with zero attached hydrogens (tertiary/aromatic N) is 2. The molecule has 0 aromatic heterocycles. The van der Waals surface area contributed by atoms with E-state index >= 15 is 0 Å². The van der Waals surface area contributed by atoms with Crippen LogP contribution in [0.2, 0.25) is 0 Å². The summed E-state index contributed by atoms with van der Waals surface area (Å²) in [5.41, 5.74) is 0.532. The van der Waals surface area contributed by atoms with Gasteiger partial charge in [0.2, 0.25) is 0 Å². The van der Waals surface area contributed by atoms with E-state index in [2.05, 4.69) is 5.32 Å². The summed E-state index contributed by atoms with van der Waals surface area (Å²) >= 11 is 1.98. The van der Waals surface area contributed by atoms with Gasteiger partial charge in [0, 0.05) is 40.9 Å². The number of non-ortho nitro benzene ring substituents is 1. The average molecular weight is 426 g/mol. The van der Waals surface area contributed by atoms with Crippen molar-refractivity contribution in [1.82, 2.24) is 10.2 Å². The van der Waals surface area contributed by atoms with Gasteiger partial charge in [-0.15, -0.1) is 12.4 Å². The maximum Gasteiger partial charge on any atom is 0.270 e. The van der Waals surface area contributed by atoms with Crippen LogP contribution < -0.4 is 5.32 Å². The van der Waals surface area contributed by atoms with Crippen molar-refractivity contribution in [2.45, 2.75) is 25.9 Å². The number of nitro groups is 1. The Morgan fingerprint density at radius 3 is 2.71 bits per heavy atom. The number of hydrogen-bond donors (Lipinski definition) is 1. The molecule has 116 valence electrons. The molecule has 1 saturated heterocycles. The Hall–Kier alpha value is -0.930. The molecule has 21 heavy (non-hydrogen) atoms. The van der Waals surface area contributed by atoms with Crippen LogP contribution in [0, 0.1) is 13.7 Å². The monoisotopic (exact) mass is 425 g/mol. The summed E-state index contributed by atoms with van der Waals surface area (Å²) in [5.74, 6) is -0.0647. The molecule has 2 rings (SSSR count). The molecule has 1 N–H and O–H groups in total. The van der Waals surface area contributed by atoms with E-state index in [1.807, 2.05) is 41.3 Å². The van der Waals surface area contributed by atoms with Crippen LogP contribution in [0.15, 0.2) is 18.2 Å². The summed E-state index contributed by atoms with van der Waals surface area (Å²) in [6.07, 6.45) is 0. The van der Waals surface area contributed by atoms with Crippen molar-refractivity contribution in [1.29, 1.82) is 0 Å². The van der Waals surface area contributed by atoms with Gasteiger partial charge in [-0.05, 0) is 42.5 Å². The lowest BCUT2D eigenvalue weighted by Gasteiger charge is -2.38. The molecular weight excluding hydrogens is 409 g/mol. The van der Waals surface area contributed by atoms with E-state index in [4.69, 9.17) is 0 Å². The number of amides is 1. The first-order valence-corrected chi connectivity index (χ1v) is 7.48. The predicted octanol–water partition coefficient (Wildman–Crippen LogP) is 2.44. The number of rotatable bonds is 2. The third-order valence-electron chi connectivity index (χ3n) is 3.69. The molecule has 1 amide bonds. The molecule has 6 nitrogen and oxygen atoms in total. The second-order valence-corrected chi connectivity index (χ2v) is 6.07. The highest BCUT2D eigenvalue weighted by Gasteiger charge is 2.29. The van der Waals surface area contributed by atoms with Crippen molar-refractivity contribution in [2.24, 2.45) is 0 Å². The van der Waals surface area contributed by atoms with E-state index in [1.165, 1.54) is 12.1 Å². The molecule has 1 heterocycles. The van der Waals surface area contributed by atoms with Crippen molar-refractivity contribution in [3.05, 3.63) is 37.4 Å². The average Bonchev–Trinajstić information content (AvgIpc) is 2.41. The second-order valence-electron chi connectivity index (χ2n) is 4.90. The van der Waals surface area contributed by atoms with Gasteiger partial charge in [-0.25, -0.2) is 0 Å². The van der Waals surface area contributed by atoms with Gasteiger partial charge in [0.1, 0.15) is 0 Å². The summed E-state index contributed by atoms with van der Waals surface area (Å²) < 4.78 is 0.611. The highest BCUT2D eigenvalue weighted by atomic mass is 127. The number of nitrogens with one attached hydrogen (secondary N) is 1. The van der Waals surface area contributed by atoms with Gasteiger partial charge in [-0.3, -0.25) is 14.9 Å². The van der Waals surface area contributed by atoms with E-state index in [1.54, 1.807) is 6.07 Å². The van der Waals surface area contributed by atoms with Crippen LogP contribution in [0.5, 0.6) is 0 Å². The largest absolute Gasteiger partial charge is 0.333 e. The molecule has 0 spiro atoms. The quantitative estimate of drug-likeness (QED) is 0.449. The van der Waals surface area contributed by atoms with Crippen LogP contribution in [0.25, 0.3) is 0 Å². The summed E-state index contributed by atoms with van der Waals surface area (Å²) in [6.45, 7) is 5.47. The van der Waals surface area contributed by atoms with Gasteiger partial charge < -0.3 is 10.2 Å². The fourth-order valence-electron chi connectivity index (χ4n) is 2.29. The Morgan fingerprint density at radius 1 is 1.48 bits per heavy atom. The molecule has 2 atom stereocenters. The minimum atomic E-state index is -0.452. The van der Waals surface area contributed by atoms with Crippen molar-refractivity contribution in [3.8, 4) is 0 Å². The lowest BCUT2D eigenvalue weighted by Crippen LogP contribution is -2.57. The fraction of sp³-hybridized carbons (Fsp3) is 0.462. The standard InChI is InChI=1S/C13H16IN3O3.ClH/c1-8-9(2)16(6-5-15-8)13(18)11-4-3-10(17(19)20)7-12(11)14;/h3-4,7-9,15H,5-6H2,1-2H3;1H. The van der Waals surface area contributed by atoms with Gasteiger partial charge >= 0.3 is 0 Å². The van der Waals surface area contributed by atoms with Gasteiger partial charge in [0.25, 0.3) is 11.6 Å². The van der Waals surface area contributed by atoms with Gasteiger partial charge in [-0.1, -0.05) is 0 Å². The zero-order chi connectivity index (χ0) is 14.9. The normalized spacial score (nSPS) is 21.6. The van der Waals surface area contributed by atoms with E-state index in [9.17, 15) is 14.9 Å². The maximum atomic E-state index is 12.6. The Morgan fingerprint density at radius 2 is 2.14 bits per heavy atom. The molecule has 2 unspecified atom stereocenters. The number of halogens is 2. The van der Waals surface area contributed by atoms with Crippen molar-refractivity contribution >= 4 is 46.6 Å². The molecule has 0 saturated carbocycles. The summed E-state index contributed by atoms with van der Waals surface area (Å²) in [6, 6.07) is 4.70. The van der Waals surface area contributed by atoms with E-state index in [0.29, 0.717) is 15.7 Å². The third kappa shape index (κ3) is 3.83. The molecule has 8 heteroatoms. The number of carbonyl (C=O) groups excluding carboxylic acids is 1. The molecule has 1 aliphatic rings. The smallest absolute Gasteiger partial charge is 0.270 e. The Bertz CT molecular complexity index is 555. The Balaban J connectivity index is 0.00000220. The number of benzene rings is 1. The molecule has 1 fully saturated rings. The highest BCUT2D eigenvalue weighted by molar-refractivity contribution is 14.1. The van der Waals surface area contributed by atoms with Crippen molar-refractivity contribution in [2.75, 3.05) is 13.1 Å². The minimum absolute atomic E-state index is 0. The number of carbonyl (C=O) groups is 1. The molecule has 1 aromatic carbocycles. The first kappa shape index (κ1) is 18.1. The molecule has 1 aromatic rings. The lowest BCUT2D eigenvalue weighted by molar-refractivity contribution is -0.384. The number of hydrogen-bond acceptors (Lipinski definition) is 4. The molecule has 0 bridgehead atoms. The zero-order valence-electron chi connectivity index (χ0n) is 11.7. The first-order chi connectivity index (χ1) is 9.41. The molecule has 0 radical (unpaired) electrons.